The summed E-state index contributed by atoms with van der Waals surface area (Å²) in [7, 11) is 0. The predicted molar refractivity (Wildman–Crippen MR) is 107 cm³/mol. The number of carboxylic acid groups (broad SMARTS) is 1. The number of carboxylic acids is 1. The molecule has 7 nitrogen and oxygen atoms in total. The Kier molecular flexibility index (Phi) is 5.17. The van der Waals surface area contributed by atoms with E-state index in [0.29, 0.717) is 31.7 Å². The second kappa shape index (κ2) is 7.63. The highest BCUT2D eigenvalue weighted by molar-refractivity contribution is 5.94. The first-order chi connectivity index (χ1) is 13.9. The summed E-state index contributed by atoms with van der Waals surface area (Å²) in [5.74, 6) is -0.771. The molecule has 29 heavy (non-hydrogen) atoms. The van der Waals surface area contributed by atoms with Crippen molar-refractivity contribution in [3.63, 3.8) is 0 Å². The molecule has 1 aromatic heterocycles. The quantitative estimate of drug-likeness (QED) is 0.839. The number of morpholine rings is 1. The maximum atomic E-state index is 12.9. The van der Waals surface area contributed by atoms with Crippen LogP contribution in [0.15, 0.2) is 24.3 Å². The molecule has 0 atom stereocenters. The van der Waals surface area contributed by atoms with E-state index in [0.717, 1.165) is 35.5 Å². The average Bonchev–Trinajstić information content (AvgIpc) is 2.98. The molecule has 2 aliphatic rings. The van der Waals surface area contributed by atoms with Gasteiger partial charge in [0.1, 0.15) is 0 Å². The smallest absolute Gasteiger partial charge is 0.303 e. The Hall–Kier alpha value is -2.67. The Morgan fingerprint density at radius 2 is 1.93 bits per heavy atom. The van der Waals surface area contributed by atoms with Gasteiger partial charge in [0.2, 0.25) is 0 Å². The molecule has 1 amide bonds. The molecule has 0 radical (unpaired) electrons. The number of nitrogens with zero attached hydrogens (tertiary/aromatic N) is 3. The summed E-state index contributed by atoms with van der Waals surface area (Å²) < 4.78 is 7.73. The Morgan fingerprint density at radius 3 is 2.55 bits per heavy atom. The van der Waals surface area contributed by atoms with Gasteiger partial charge in [0, 0.05) is 24.2 Å². The zero-order chi connectivity index (χ0) is 20.6. The van der Waals surface area contributed by atoms with Crippen LogP contribution in [-0.4, -0.2) is 57.0 Å². The van der Waals surface area contributed by atoms with Gasteiger partial charge in [0.25, 0.3) is 5.91 Å². The highest BCUT2D eigenvalue weighted by atomic mass is 16.5. The number of hydrogen-bond donors (Lipinski definition) is 1. The molecule has 2 heterocycles. The number of ether oxygens (including phenoxy) is 1. The summed E-state index contributed by atoms with van der Waals surface area (Å²) in [6.07, 6.45) is 3.80. The van der Waals surface area contributed by atoms with E-state index in [9.17, 15) is 9.59 Å². The Labute approximate surface area is 170 Å². The third kappa shape index (κ3) is 3.79. The van der Waals surface area contributed by atoms with Gasteiger partial charge in [-0.1, -0.05) is 0 Å². The van der Waals surface area contributed by atoms with E-state index in [1.807, 2.05) is 47.7 Å². The highest BCUT2D eigenvalue weighted by Gasteiger charge is 2.43. The van der Waals surface area contributed by atoms with Gasteiger partial charge in [-0.25, -0.2) is 4.68 Å². The van der Waals surface area contributed by atoms with Crippen LogP contribution in [0.25, 0.3) is 5.69 Å². The minimum absolute atomic E-state index is 0.0432. The normalized spacial score (nSPS) is 17.9. The Morgan fingerprint density at radius 1 is 1.21 bits per heavy atom. The topological polar surface area (TPSA) is 84.7 Å². The lowest BCUT2D eigenvalue weighted by Crippen LogP contribution is -2.57. The number of aryl methyl sites for hydroxylation is 1. The lowest BCUT2D eigenvalue weighted by Gasteiger charge is -2.48. The number of amides is 1. The van der Waals surface area contributed by atoms with Crippen molar-refractivity contribution in [2.24, 2.45) is 0 Å². The molecule has 1 aliphatic heterocycles. The SMILES string of the molecule is Cc1nn(-c2ccc(C(=O)N3CCOC4(CCC4)C3)cc2)c(C)c1CCC(=O)O. The van der Waals surface area contributed by atoms with Crippen molar-refractivity contribution in [1.29, 1.82) is 0 Å². The van der Waals surface area contributed by atoms with Crippen LogP contribution in [0.5, 0.6) is 0 Å². The zero-order valence-corrected chi connectivity index (χ0v) is 17.0. The van der Waals surface area contributed by atoms with Crippen molar-refractivity contribution in [2.45, 2.75) is 51.6 Å². The fraction of sp³-hybridized carbons (Fsp3) is 0.500. The second-order valence-corrected chi connectivity index (χ2v) is 8.11. The van der Waals surface area contributed by atoms with Crippen molar-refractivity contribution in [3.05, 3.63) is 46.8 Å². The molecule has 4 rings (SSSR count). The average molecular weight is 397 g/mol. The molecule has 154 valence electrons. The van der Waals surface area contributed by atoms with Crippen molar-refractivity contribution in [1.82, 2.24) is 14.7 Å². The molecule has 1 aromatic carbocycles. The minimum Gasteiger partial charge on any atom is -0.481 e. The maximum absolute atomic E-state index is 12.9. The zero-order valence-electron chi connectivity index (χ0n) is 17.0. The molecule has 0 bridgehead atoms. The summed E-state index contributed by atoms with van der Waals surface area (Å²) in [5.41, 5.74) is 4.15. The van der Waals surface area contributed by atoms with Crippen LogP contribution >= 0.6 is 0 Å². The van der Waals surface area contributed by atoms with Crippen LogP contribution in [0, 0.1) is 13.8 Å². The van der Waals surface area contributed by atoms with Gasteiger partial charge in [-0.15, -0.1) is 0 Å². The Balaban J connectivity index is 1.50. The van der Waals surface area contributed by atoms with Crippen LogP contribution < -0.4 is 0 Å². The van der Waals surface area contributed by atoms with E-state index in [2.05, 4.69) is 5.10 Å². The first kappa shape index (κ1) is 19.6. The molecule has 1 spiro atoms. The van der Waals surface area contributed by atoms with Crippen LogP contribution in [0.3, 0.4) is 0 Å². The van der Waals surface area contributed by atoms with Crippen molar-refractivity contribution < 1.29 is 19.4 Å². The monoisotopic (exact) mass is 397 g/mol. The first-order valence-electron chi connectivity index (χ1n) is 10.2. The fourth-order valence-corrected chi connectivity index (χ4v) is 4.34. The number of carbonyl (C=O) groups is 2. The molecule has 1 N–H and O–H groups in total. The number of aromatic nitrogens is 2. The van der Waals surface area contributed by atoms with Gasteiger partial charge < -0.3 is 14.7 Å². The third-order valence-electron chi connectivity index (χ3n) is 6.19. The van der Waals surface area contributed by atoms with E-state index in [1.165, 1.54) is 6.42 Å². The molecule has 0 unspecified atom stereocenters. The van der Waals surface area contributed by atoms with E-state index >= 15 is 0 Å². The van der Waals surface area contributed by atoms with E-state index in [1.54, 1.807) is 0 Å². The van der Waals surface area contributed by atoms with Crippen molar-refractivity contribution in [2.75, 3.05) is 19.7 Å². The molecule has 1 saturated heterocycles. The van der Waals surface area contributed by atoms with E-state index in [-0.39, 0.29) is 17.9 Å². The van der Waals surface area contributed by atoms with Gasteiger partial charge >= 0.3 is 5.97 Å². The molecule has 7 heteroatoms. The number of rotatable bonds is 5. The first-order valence-corrected chi connectivity index (χ1v) is 10.2. The predicted octanol–water partition coefficient (Wildman–Crippen LogP) is 2.90. The number of hydrogen-bond acceptors (Lipinski definition) is 4. The minimum atomic E-state index is -0.814. The van der Waals surface area contributed by atoms with Gasteiger partial charge in [-0.05, 0) is 69.4 Å². The fourth-order valence-electron chi connectivity index (χ4n) is 4.34. The van der Waals surface area contributed by atoms with Gasteiger partial charge in [-0.3, -0.25) is 9.59 Å². The van der Waals surface area contributed by atoms with Gasteiger partial charge in [-0.2, -0.15) is 5.10 Å². The number of aliphatic carboxylic acids is 1. The van der Waals surface area contributed by atoms with E-state index < -0.39 is 5.97 Å². The molecule has 1 aliphatic carbocycles. The summed E-state index contributed by atoms with van der Waals surface area (Å²) in [4.78, 5) is 25.7. The third-order valence-corrected chi connectivity index (χ3v) is 6.19. The molecular weight excluding hydrogens is 370 g/mol. The van der Waals surface area contributed by atoms with Crippen LogP contribution in [0.1, 0.15) is 53.0 Å². The van der Waals surface area contributed by atoms with Crippen molar-refractivity contribution in [3.8, 4) is 5.69 Å². The van der Waals surface area contributed by atoms with Gasteiger partial charge in [0.05, 0.1) is 30.1 Å². The summed E-state index contributed by atoms with van der Waals surface area (Å²) in [5, 5.41) is 13.5. The molecule has 2 aromatic rings. The standard InChI is InChI=1S/C22H27N3O4/c1-15-19(8-9-20(26)27)16(2)25(23-15)18-6-4-17(5-7-18)21(28)24-12-13-29-22(14-24)10-3-11-22/h4-7H,3,8-14H2,1-2H3,(H,26,27). The van der Waals surface area contributed by atoms with E-state index in [4.69, 9.17) is 9.84 Å². The van der Waals surface area contributed by atoms with Crippen LogP contribution in [0.2, 0.25) is 0 Å². The summed E-state index contributed by atoms with van der Waals surface area (Å²) in [6.45, 7) is 5.76. The number of carbonyl (C=O) groups excluding carboxylic acids is 1. The summed E-state index contributed by atoms with van der Waals surface area (Å²) >= 11 is 0. The largest absolute Gasteiger partial charge is 0.481 e. The van der Waals surface area contributed by atoms with Crippen LogP contribution in [-0.2, 0) is 16.0 Å². The number of benzene rings is 1. The maximum Gasteiger partial charge on any atom is 0.303 e. The molecule has 2 fully saturated rings. The lowest BCUT2D eigenvalue weighted by atomic mass is 9.79. The molecule has 1 saturated carbocycles. The molecular formula is C22H27N3O4. The Bertz CT molecular complexity index is 928. The van der Waals surface area contributed by atoms with Crippen LogP contribution in [0.4, 0.5) is 0 Å². The highest BCUT2D eigenvalue weighted by Crippen LogP contribution is 2.38. The second-order valence-electron chi connectivity index (χ2n) is 8.11. The van der Waals surface area contributed by atoms with Crippen molar-refractivity contribution >= 4 is 11.9 Å². The summed E-state index contributed by atoms with van der Waals surface area (Å²) in [6, 6.07) is 7.47. The lowest BCUT2D eigenvalue weighted by molar-refractivity contribution is -0.142. The van der Waals surface area contributed by atoms with Gasteiger partial charge in [0.15, 0.2) is 0 Å².